The van der Waals surface area contributed by atoms with Gasteiger partial charge >= 0.3 is 0 Å². The largest absolute Gasteiger partial charge is 0.495 e. The molecule has 0 saturated carbocycles. The van der Waals surface area contributed by atoms with Crippen LogP contribution in [0.2, 0.25) is 5.02 Å². The number of nitrogens with one attached hydrogen (secondary N) is 2. The van der Waals surface area contributed by atoms with Crippen molar-refractivity contribution in [2.45, 2.75) is 12.1 Å². The Morgan fingerprint density at radius 1 is 1.11 bits per heavy atom. The number of nitrogens with zero attached hydrogens (tertiary/aromatic N) is 4. The fourth-order valence-electron chi connectivity index (χ4n) is 4.41. The lowest BCUT2D eigenvalue weighted by Crippen LogP contribution is -2.30. The number of hydrogen-bond donors (Lipinski definition) is 2. The summed E-state index contributed by atoms with van der Waals surface area (Å²) in [5.74, 6) is 1.08. The fraction of sp³-hybridized carbons (Fsp3) is 0.160. The first-order valence-electron chi connectivity index (χ1n) is 11.2. The number of benzene rings is 1. The van der Waals surface area contributed by atoms with Crippen LogP contribution in [0, 0.1) is 0 Å². The Bertz CT molecular complexity index is 1540. The van der Waals surface area contributed by atoms with Crippen LogP contribution in [0.1, 0.15) is 23.5 Å². The van der Waals surface area contributed by atoms with Crippen LogP contribution in [-0.4, -0.2) is 41.4 Å². The summed E-state index contributed by atoms with van der Waals surface area (Å²) < 4.78 is 34.0. The summed E-state index contributed by atoms with van der Waals surface area (Å²) in [5, 5.41) is 4.42. The minimum Gasteiger partial charge on any atom is -0.495 e. The minimum atomic E-state index is -3.55. The first-order chi connectivity index (χ1) is 17.7. The Morgan fingerprint density at radius 3 is 2.62 bits per heavy atom. The second-order valence-corrected chi connectivity index (χ2v) is 11.0. The SMILES string of the molecule is COc1ccc(N2C(=S)N[C@@H](c3ccccn3)[C@H]2c2cccn2-c2ccc(Cl)cn2)cc1NS(C)(=O)=O. The van der Waals surface area contributed by atoms with Gasteiger partial charge in [-0.25, -0.2) is 13.4 Å². The fourth-order valence-corrected chi connectivity index (χ4v) is 5.43. The van der Waals surface area contributed by atoms with E-state index in [-0.39, 0.29) is 12.1 Å². The van der Waals surface area contributed by atoms with E-state index < -0.39 is 10.0 Å². The van der Waals surface area contributed by atoms with E-state index in [0.29, 0.717) is 33.1 Å². The van der Waals surface area contributed by atoms with E-state index in [0.717, 1.165) is 17.6 Å². The molecule has 2 atom stereocenters. The topological polar surface area (TPSA) is 101 Å². The lowest BCUT2D eigenvalue weighted by atomic mass is 10.0. The molecule has 1 saturated heterocycles. The zero-order valence-electron chi connectivity index (χ0n) is 19.9. The van der Waals surface area contributed by atoms with Gasteiger partial charge in [-0.1, -0.05) is 17.7 Å². The molecule has 4 heterocycles. The number of thiocarbonyl (C=S) groups is 1. The summed E-state index contributed by atoms with van der Waals surface area (Å²) in [4.78, 5) is 11.0. The lowest BCUT2D eigenvalue weighted by Gasteiger charge is -2.29. The summed E-state index contributed by atoms with van der Waals surface area (Å²) in [7, 11) is -2.07. The smallest absolute Gasteiger partial charge is 0.229 e. The molecule has 5 rings (SSSR count). The van der Waals surface area contributed by atoms with Crippen molar-refractivity contribution in [3.63, 3.8) is 0 Å². The Hall–Kier alpha value is -3.67. The third-order valence-electron chi connectivity index (χ3n) is 5.90. The molecule has 190 valence electrons. The van der Waals surface area contributed by atoms with Gasteiger partial charge in [0.1, 0.15) is 17.6 Å². The Morgan fingerprint density at radius 2 is 1.95 bits per heavy atom. The summed E-state index contributed by atoms with van der Waals surface area (Å²) in [5.41, 5.74) is 2.67. The maximum atomic E-state index is 12.0. The van der Waals surface area contributed by atoms with E-state index in [2.05, 4.69) is 20.0 Å². The number of rotatable bonds is 7. The van der Waals surface area contributed by atoms with Crippen LogP contribution in [0.15, 0.2) is 79.3 Å². The molecule has 0 unspecified atom stereocenters. The molecule has 0 amide bonds. The van der Waals surface area contributed by atoms with Crippen LogP contribution in [0.5, 0.6) is 5.75 Å². The molecule has 12 heteroatoms. The average molecular weight is 555 g/mol. The predicted molar refractivity (Wildman–Crippen MR) is 148 cm³/mol. The second kappa shape index (κ2) is 10.0. The molecule has 37 heavy (non-hydrogen) atoms. The maximum absolute atomic E-state index is 12.0. The minimum absolute atomic E-state index is 0.303. The van der Waals surface area contributed by atoms with Crippen molar-refractivity contribution in [1.29, 1.82) is 0 Å². The van der Waals surface area contributed by atoms with Crippen LogP contribution in [0.25, 0.3) is 5.82 Å². The summed E-state index contributed by atoms with van der Waals surface area (Å²) in [6.45, 7) is 0. The van der Waals surface area contributed by atoms with Gasteiger partial charge in [-0.3, -0.25) is 9.71 Å². The number of hydrogen-bond acceptors (Lipinski definition) is 6. The molecule has 9 nitrogen and oxygen atoms in total. The molecule has 4 aromatic rings. The lowest BCUT2D eigenvalue weighted by molar-refractivity contribution is 0.417. The highest BCUT2D eigenvalue weighted by atomic mass is 35.5. The van der Waals surface area contributed by atoms with Crippen molar-refractivity contribution in [1.82, 2.24) is 19.9 Å². The van der Waals surface area contributed by atoms with E-state index in [1.54, 1.807) is 30.6 Å². The third-order valence-corrected chi connectivity index (χ3v) is 7.03. The Kier molecular flexibility index (Phi) is 6.76. The highest BCUT2D eigenvalue weighted by molar-refractivity contribution is 7.92. The van der Waals surface area contributed by atoms with Gasteiger partial charge in [0, 0.05) is 30.0 Å². The average Bonchev–Trinajstić information content (AvgIpc) is 3.48. The van der Waals surface area contributed by atoms with Crippen LogP contribution in [0.3, 0.4) is 0 Å². The van der Waals surface area contributed by atoms with Crippen LogP contribution >= 0.6 is 23.8 Å². The molecule has 1 aliphatic heterocycles. The van der Waals surface area contributed by atoms with Crippen molar-refractivity contribution in [3.8, 4) is 11.6 Å². The third kappa shape index (κ3) is 5.10. The van der Waals surface area contributed by atoms with Crippen molar-refractivity contribution < 1.29 is 13.2 Å². The monoisotopic (exact) mass is 554 g/mol. The molecule has 3 aromatic heterocycles. The molecular weight excluding hydrogens is 532 g/mol. The zero-order chi connectivity index (χ0) is 26.2. The molecule has 2 N–H and O–H groups in total. The van der Waals surface area contributed by atoms with Gasteiger partial charge < -0.3 is 19.5 Å². The number of methoxy groups -OCH3 is 1. The molecule has 1 fully saturated rings. The van der Waals surface area contributed by atoms with Gasteiger partial charge in [-0.15, -0.1) is 0 Å². The van der Waals surface area contributed by atoms with Gasteiger partial charge in [0.15, 0.2) is 5.11 Å². The Balaban J connectivity index is 1.66. The number of halogens is 1. The molecule has 0 radical (unpaired) electrons. The van der Waals surface area contributed by atoms with Gasteiger partial charge in [0.2, 0.25) is 10.0 Å². The van der Waals surface area contributed by atoms with E-state index >= 15 is 0 Å². The first kappa shape index (κ1) is 25.0. The molecule has 0 bridgehead atoms. The maximum Gasteiger partial charge on any atom is 0.229 e. The molecule has 1 aromatic carbocycles. The number of ether oxygens (including phenoxy) is 1. The van der Waals surface area contributed by atoms with Crippen molar-refractivity contribution in [3.05, 3.63) is 95.7 Å². The van der Waals surface area contributed by atoms with E-state index in [4.69, 9.17) is 28.6 Å². The molecule has 0 spiro atoms. The second-order valence-electron chi connectivity index (χ2n) is 8.39. The van der Waals surface area contributed by atoms with Crippen molar-refractivity contribution in [2.24, 2.45) is 0 Å². The summed E-state index contributed by atoms with van der Waals surface area (Å²) in [6, 6.07) is 17.9. The van der Waals surface area contributed by atoms with Crippen LogP contribution in [-0.2, 0) is 10.0 Å². The van der Waals surface area contributed by atoms with Gasteiger partial charge in [-0.2, -0.15) is 0 Å². The number of sulfonamides is 1. The molecule has 1 aliphatic rings. The number of aromatic nitrogens is 3. The van der Waals surface area contributed by atoms with Crippen LogP contribution in [0.4, 0.5) is 11.4 Å². The van der Waals surface area contributed by atoms with Gasteiger partial charge in [-0.05, 0) is 66.8 Å². The highest BCUT2D eigenvalue weighted by Gasteiger charge is 2.42. The standard InChI is InChI=1S/C25H23ClN6O3S2/c1-35-21-10-9-17(14-19(21)30-37(2,33)34)32-24(23(29-25(32)36)18-6-3-4-12-27-18)20-7-5-13-31(20)22-11-8-16(26)15-28-22/h3-15,23-24,30H,1-2H3,(H,29,36)/t23-,24+/m0/s1. The summed E-state index contributed by atoms with van der Waals surface area (Å²) in [6.07, 6.45) is 6.35. The quantitative estimate of drug-likeness (QED) is 0.323. The number of pyridine rings is 2. The van der Waals surface area contributed by atoms with Gasteiger partial charge in [0.05, 0.1) is 35.8 Å². The normalized spacial score (nSPS) is 17.5. The number of anilines is 2. The summed E-state index contributed by atoms with van der Waals surface area (Å²) >= 11 is 11.9. The van der Waals surface area contributed by atoms with E-state index in [9.17, 15) is 8.42 Å². The Labute approximate surface area is 225 Å². The molecule has 0 aliphatic carbocycles. The highest BCUT2D eigenvalue weighted by Crippen LogP contribution is 2.43. The van der Waals surface area contributed by atoms with E-state index in [1.165, 1.54) is 7.11 Å². The predicted octanol–water partition coefficient (Wildman–Crippen LogP) is 4.48. The van der Waals surface area contributed by atoms with E-state index in [1.807, 2.05) is 58.1 Å². The van der Waals surface area contributed by atoms with Crippen LogP contribution < -0.4 is 19.7 Å². The zero-order valence-corrected chi connectivity index (χ0v) is 22.3. The molecular formula is C25H23ClN6O3S2. The van der Waals surface area contributed by atoms with Crippen molar-refractivity contribution in [2.75, 3.05) is 23.0 Å². The van der Waals surface area contributed by atoms with Gasteiger partial charge in [0.25, 0.3) is 0 Å². The first-order valence-corrected chi connectivity index (χ1v) is 13.9. The van der Waals surface area contributed by atoms with Crippen molar-refractivity contribution >= 4 is 50.3 Å².